The van der Waals surface area contributed by atoms with Crippen LogP contribution in [-0.4, -0.2) is 36.1 Å². The first kappa shape index (κ1) is 17.0. The van der Waals surface area contributed by atoms with Crippen LogP contribution < -0.4 is 0 Å². The molecule has 0 fully saturated rings. The van der Waals surface area contributed by atoms with Gasteiger partial charge in [0.1, 0.15) is 0 Å². The summed E-state index contributed by atoms with van der Waals surface area (Å²) in [5.74, 6) is 0. The van der Waals surface area contributed by atoms with E-state index in [1.54, 1.807) is 0 Å². The fourth-order valence-electron chi connectivity index (χ4n) is 1.70. The Hall–Kier alpha value is 0.0369. The molecule has 0 amide bonds. The van der Waals surface area contributed by atoms with E-state index in [0.29, 0.717) is 6.04 Å². The summed E-state index contributed by atoms with van der Waals surface area (Å²) in [6, 6.07) is 3.56. The maximum absolute atomic E-state index is 11.0. The molecule has 0 spiro atoms. The number of rotatable bonds is 8. The monoisotopic (exact) mass is 304 g/mol. The highest BCUT2D eigenvalue weighted by Crippen LogP contribution is 2.25. The first-order valence-electron chi connectivity index (χ1n) is 5.51. The van der Waals surface area contributed by atoms with Crippen LogP contribution in [0.25, 0.3) is 0 Å². The lowest BCUT2D eigenvalue weighted by atomic mass is 10.8. The third-order valence-corrected chi connectivity index (χ3v) is 11.9. The Labute approximate surface area is 104 Å². The number of hydrogen-bond acceptors (Lipinski definition) is 5. The van der Waals surface area contributed by atoms with Gasteiger partial charge in [-0.25, -0.2) is 0 Å². The Bertz CT molecular complexity index is 415. The van der Waals surface area contributed by atoms with E-state index in [-0.39, 0.29) is 6.61 Å². The fourth-order valence-corrected chi connectivity index (χ4v) is 5.92. The molecule has 0 radical (unpaired) electrons. The Morgan fingerprint density at radius 1 is 1.00 bits per heavy atom. The summed E-state index contributed by atoms with van der Waals surface area (Å²) in [4.78, 5) is 0. The van der Waals surface area contributed by atoms with Gasteiger partial charge in [-0.05, 0) is 6.04 Å². The molecule has 0 aromatic rings. The summed E-state index contributed by atoms with van der Waals surface area (Å²) in [6.07, 6.45) is 0. The molecule has 0 aromatic heterocycles. The fraction of sp³-hybridized carbons (Fsp3) is 1.00. The minimum atomic E-state index is -5.17. The van der Waals surface area contributed by atoms with Crippen molar-refractivity contribution in [1.82, 2.24) is 0 Å². The molecule has 9 heteroatoms. The van der Waals surface area contributed by atoms with Crippen molar-refractivity contribution < 1.29 is 25.6 Å². The summed E-state index contributed by atoms with van der Waals surface area (Å²) in [5.41, 5.74) is 0. The van der Waals surface area contributed by atoms with Crippen molar-refractivity contribution in [3.05, 3.63) is 0 Å². The molecule has 0 bridgehead atoms. The van der Waals surface area contributed by atoms with Gasteiger partial charge in [0, 0.05) is 0 Å². The maximum Gasteiger partial charge on any atom is 0.399 e. The Balaban J connectivity index is 4.53. The third kappa shape index (κ3) is 4.66. The minimum absolute atomic E-state index is 0.177. The predicted octanol–water partition coefficient (Wildman–Crippen LogP) is 1.64. The van der Waals surface area contributed by atoms with Crippen LogP contribution in [0.1, 0.15) is 20.8 Å². The molecule has 0 heterocycles. The molecule has 0 rings (SSSR count). The quantitative estimate of drug-likeness (QED) is 0.416. The van der Waals surface area contributed by atoms with E-state index in [2.05, 4.69) is 25.0 Å². The van der Waals surface area contributed by atoms with Gasteiger partial charge >= 0.3 is 18.3 Å². The maximum atomic E-state index is 11.0. The standard InChI is InChI=1S/C8H20O6S2Si/c1-4-17(5-2,6-3)8-7-14-16(12,13)15(9,10)11/h4-8H2,1-3H3,(H,9,10,11). The van der Waals surface area contributed by atoms with Crippen LogP contribution in [0, 0.1) is 0 Å². The lowest BCUT2D eigenvalue weighted by Gasteiger charge is -2.27. The van der Waals surface area contributed by atoms with Gasteiger partial charge in [-0.3, -0.25) is 8.74 Å². The zero-order chi connectivity index (χ0) is 13.7. The first-order chi connectivity index (χ1) is 7.64. The van der Waals surface area contributed by atoms with Crippen LogP contribution in [0.15, 0.2) is 0 Å². The molecule has 17 heavy (non-hydrogen) atoms. The zero-order valence-electron chi connectivity index (χ0n) is 10.3. The van der Waals surface area contributed by atoms with E-state index in [0.717, 1.165) is 18.1 Å². The second-order valence-electron chi connectivity index (χ2n) is 3.97. The van der Waals surface area contributed by atoms with Gasteiger partial charge in [-0.1, -0.05) is 38.9 Å². The zero-order valence-corrected chi connectivity index (χ0v) is 13.0. The highest BCUT2D eigenvalue weighted by molar-refractivity contribution is 8.63. The molecule has 0 saturated carbocycles. The second-order valence-corrected chi connectivity index (χ2v) is 14.0. The molecule has 0 aliphatic rings. The molecule has 1 N–H and O–H groups in total. The van der Waals surface area contributed by atoms with Crippen LogP contribution in [0.5, 0.6) is 0 Å². The average Bonchev–Trinajstić information content (AvgIpc) is 2.23. The smallest absolute Gasteiger partial charge is 0.272 e. The largest absolute Gasteiger partial charge is 0.399 e. The van der Waals surface area contributed by atoms with Gasteiger partial charge in [-0.2, -0.15) is 16.8 Å². The SMILES string of the molecule is CC[Si](CC)(CC)CCOS(=O)(=O)S(=O)(=O)O. The predicted molar refractivity (Wildman–Crippen MR) is 68.4 cm³/mol. The van der Waals surface area contributed by atoms with Gasteiger partial charge in [0.05, 0.1) is 14.7 Å². The highest BCUT2D eigenvalue weighted by atomic mass is 33.2. The van der Waals surface area contributed by atoms with Crippen molar-refractivity contribution in [2.75, 3.05) is 6.61 Å². The van der Waals surface area contributed by atoms with E-state index >= 15 is 0 Å². The van der Waals surface area contributed by atoms with Crippen molar-refractivity contribution in [2.45, 2.75) is 44.9 Å². The van der Waals surface area contributed by atoms with Crippen molar-refractivity contribution in [2.24, 2.45) is 0 Å². The van der Waals surface area contributed by atoms with E-state index < -0.39 is 26.4 Å². The van der Waals surface area contributed by atoms with Gasteiger partial charge in [-0.15, -0.1) is 0 Å². The second kappa shape index (κ2) is 6.28. The van der Waals surface area contributed by atoms with Gasteiger partial charge in [0.15, 0.2) is 0 Å². The molecular weight excluding hydrogens is 284 g/mol. The molecule has 104 valence electrons. The Morgan fingerprint density at radius 2 is 1.41 bits per heavy atom. The molecular formula is C8H20O6S2Si. The summed E-state index contributed by atoms with van der Waals surface area (Å²) < 4.78 is 55.6. The van der Waals surface area contributed by atoms with E-state index in [1.807, 2.05) is 0 Å². The lowest BCUT2D eigenvalue weighted by molar-refractivity contribution is 0.340. The number of hydrogen-bond donors (Lipinski definition) is 1. The molecule has 6 nitrogen and oxygen atoms in total. The minimum Gasteiger partial charge on any atom is -0.272 e. The summed E-state index contributed by atoms with van der Waals surface area (Å²) in [5, 5.41) is 0. The van der Waals surface area contributed by atoms with Crippen molar-refractivity contribution in [3.8, 4) is 0 Å². The summed E-state index contributed by atoms with van der Waals surface area (Å²) in [6.45, 7) is 5.98. The molecule has 0 saturated heterocycles. The van der Waals surface area contributed by atoms with Crippen LogP contribution in [0.2, 0.25) is 24.2 Å². The van der Waals surface area contributed by atoms with Gasteiger partial charge < -0.3 is 0 Å². The van der Waals surface area contributed by atoms with Crippen molar-refractivity contribution >= 4 is 26.4 Å². The Kier molecular flexibility index (Phi) is 6.29. The van der Waals surface area contributed by atoms with Crippen LogP contribution >= 0.6 is 0 Å². The van der Waals surface area contributed by atoms with Gasteiger partial charge in [0.2, 0.25) is 0 Å². The third-order valence-electron chi connectivity index (χ3n) is 3.37. The van der Waals surface area contributed by atoms with E-state index in [4.69, 9.17) is 4.55 Å². The molecule has 0 aromatic carbocycles. The Morgan fingerprint density at radius 3 is 1.71 bits per heavy atom. The first-order valence-corrected chi connectivity index (χ1v) is 11.7. The summed E-state index contributed by atoms with van der Waals surface area (Å²) in [7, 11) is -11.6. The summed E-state index contributed by atoms with van der Waals surface area (Å²) >= 11 is 0. The van der Waals surface area contributed by atoms with Crippen molar-refractivity contribution in [3.63, 3.8) is 0 Å². The van der Waals surface area contributed by atoms with Crippen molar-refractivity contribution in [1.29, 1.82) is 0 Å². The van der Waals surface area contributed by atoms with Crippen LogP contribution in [0.4, 0.5) is 0 Å². The topological polar surface area (TPSA) is 97.7 Å². The molecule has 0 unspecified atom stereocenters. The normalized spacial score (nSPS) is 13.9. The van der Waals surface area contributed by atoms with Crippen LogP contribution in [-0.2, 0) is 22.5 Å². The van der Waals surface area contributed by atoms with Gasteiger partial charge in [0.25, 0.3) is 0 Å². The van der Waals surface area contributed by atoms with E-state index in [1.165, 1.54) is 0 Å². The average molecular weight is 304 g/mol. The van der Waals surface area contributed by atoms with E-state index in [9.17, 15) is 16.8 Å². The molecule has 0 atom stereocenters. The van der Waals surface area contributed by atoms with Crippen LogP contribution in [0.3, 0.4) is 0 Å². The lowest BCUT2D eigenvalue weighted by Crippen LogP contribution is -2.33. The molecule has 0 aliphatic carbocycles. The molecule has 0 aliphatic heterocycles. The highest BCUT2D eigenvalue weighted by Gasteiger charge is 2.31.